The van der Waals surface area contributed by atoms with Gasteiger partial charge in [-0.2, -0.15) is 14.0 Å². The Morgan fingerprint density at radius 1 is 1.48 bits per heavy atom. The van der Waals surface area contributed by atoms with E-state index in [2.05, 4.69) is 9.67 Å². The van der Waals surface area contributed by atoms with Crippen molar-refractivity contribution >= 4 is 48.2 Å². The Morgan fingerprint density at radius 2 is 2.15 bits per heavy atom. The molecule has 0 amide bonds. The molecule has 0 aliphatic heterocycles. The molecule has 1 aromatic heterocycles. The Morgan fingerprint density at radius 3 is 2.67 bits per heavy atom. The van der Waals surface area contributed by atoms with Crippen molar-refractivity contribution in [3.05, 3.63) is 46.6 Å². The second-order valence-corrected chi connectivity index (χ2v) is 7.94. The molecule has 5 nitrogen and oxygen atoms in total. The van der Waals surface area contributed by atoms with Crippen LogP contribution in [0.25, 0.3) is 16.8 Å². The Balaban J connectivity index is 2.74. The van der Waals surface area contributed by atoms with Gasteiger partial charge in [-0.1, -0.05) is 27.3 Å². The number of rotatable bonds is 6. The first kappa shape index (κ1) is 21.1. The number of alkyl halides is 3. The van der Waals surface area contributed by atoms with E-state index >= 15 is 0 Å². The summed E-state index contributed by atoms with van der Waals surface area (Å²) in [5, 5.41) is 13.1. The van der Waals surface area contributed by atoms with Crippen LogP contribution in [0.2, 0.25) is 5.02 Å². The van der Waals surface area contributed by atoms with Crippen LogP contribution in [-0.2, 0) is 4.79 Å². The number of halogens is 5. The third-order valence-electron chi connectivity index (χ3n) is 3.31. The zero-order chi connectivity index (χ0) is 20.4. The van der Waals surface area contributed by atoms with Crippen LogP contribution >= 0.6 is 32.3 Å². The number of aromatic nitrogens is 1. The number of nitrogens with zero attached hydrogens (tertiary/aromatic N) is 3. The van der Waals surface area contributed by atoms with Gasteiger partial charge >= 0.3 is 3.93 Å². The van der Waals surface area contributed by atoms with E-state index in [1.165, 1.54) is 31.1 Å². The molecule has 0 spiro atoms. The first-order chi connectivity index (χ1) is 12.6. The average Bonchev–Trinajstić information content (AvgIpc) is 3.02. The third kappa shape index (κ3) is 4.22. The molecule has 2 aromatic rings. The smallest absolute Gasteiger partial charge is 0.352 e. The fraction of sp³-hybridized carbons (Fsp3) is 0.176. The van der Waals surface area contributed by atoms with Crippen LogP contribution in [0, 0.1) is 17.1 Å². The molecular weight excluding hydrogens is 498 g/mol. The molecule has 0 bridgehead atoms. The predicted octanol–water partition coefficient (Wildman–Crippen LogP) is 4.47. The van der Waals surface area contributed by atoms with Gasteiger partial charge in [0.05, 0.1) is 16.2 Å². The van der Waals surface area contributed by atoms with Gasteiger partial charge in [0.2, 0.25) is 5.78 Å². The van der Waals surface area contributed by atoms with Crippen LogP contribution in [0.5, 0.6) is 0 Å². The third-order valence-corrected chi connectivity index (χ3v) is 5.07. The maximum atomic E-state index is 14.2. The summed E-state index contributed by atoms with van der Waals surface area (Å²) in [5.74, 6) is -2.81. The van der Waals surface area contributed by atoms with Crippen LogP contribution < -0.4 is 0 Å². The molecule has 0 aliphatic carbocycles. The van der Waals surface area contributed by atoms with E-state index in [1.807, 2.05) is 0 Å². The van der Waals surface area contributed by atoms with Gasteiger partial charge in [-0.3, -0.25) is 4.79 Å². The van der Waals surface area contributed by atoms with Crippen molar-refractivity contribution in [1.29, 1.82) is 5.26 Å². The average molecular weight is 510 g/mol. The summed E-state index contributed by atoms with van der Waals surface area (Å²) in [6, 6.07) is 5.56. The van der Waals surface area contributed by atoms with Gasteiger partial charge in [-0.15, -0.1) is 0 Å². The minimum atomic E-state index is -3.67. The zero-order valence-corrected chi connectivity index (χ0v) is 17.0. The molecule has 0 aliphatic rings. The Kier molecular flexibility index (Phi) is 6.43. The molecule has 0 unspecified atom stereocenters. The maximum Gasteiger partial charge on any atom is 0.352 e. The highest BCUT2D eigenvalue weighted by molar-refractivity contribution is 14.2. The quantitative estimate of drug-likeness (QED) is 0.326. The summed E-state index contributed by atoms with van der Waals surface area (Å²) >= 11 is 3.97. The normalized spacial score (nSPS) is 12.0. The summed E-state index contributed by atoms with van der Waals surface area (Å²) in [5.41, 5.74) is -1.43. The van der Waals surface area contributed by atoms with E-state index in [0.29, 0.717) is 0 Å². The van der Waals surface area contributed by atoms with Crippen LogP contribution in [0.15, 0.2) is 28.9 Å². The zero-order valence-electron chi connectivity index (χ0n) is 14.1. The van der Waals surface area contributed by atoms with Crippen LogP contribution in [-0.4, -0.2) is 38.4 Å². The first-order valence-corrected chi connectivity index (χ1v) is 10.2. The highest BCUT2D eigenvalue weighted by Gasteiger charge is 2.41. The highest BCUT2D eigenvalue weighted by Crippen LogP contribution is 2.39. The minimum Gasteiger partial charge on any atom is -0.383 e. The molecule has 10 heteroatoms. The largest absolute Gasteiger partial charge is 0.383 e. The SMILES string of the molecule is C=IC(F)(F)C(=O)/C(=C\N(C)C)c1onc(-c2c(F)cccc2Cl)c1C#N. The molecule has 27 heavy (non-hydrogen) atoms. The summed E-state index contributed by atoms with van der Waals surface area (Å²) < 4.78 is 46.7. The number of nitriles is 1. The maximum absolute atomic E-state index is 14.2. The van der Waals surface area contributed by atoms with E-state index in [9.17, 15) is 23.2 Å². The molecule has 1 aromatic carbocycles. The number of ketones is 1. The van der Waals surface area contributed by atoms with Gasteiger partial charge in [-0.25, -0.2) is 4.39 Å². The Labute approximate surface area is 167 Å². The predicted molar refractivity (Wildman–Crippen MR) is 104 cm³/mol. The van der Waals surface area contributed by atoms with E-state index < -0.39 is 47.6 Å². The molecular formula is C17H12ClF3IN3O2. The number of benzene rings is 1. The topological polar surface area (TPSA) is 70.1 Å². The number of hydrogen-bond acceptors (Lipinski definition) is 5. The lowest BCUT2D eigenvalue weighted by Gasteiger charge is -2.13. The number of Topliss-reactive ketones (excluding diaryl/α,β-unsaturated/α-hetero) is 1. The molecule has 2 rings (SSSR count). The van der Waals surface area contributed by atoms with Crippen molar-refractivity contribution in [1.82, 2.24) is 10.1 Å². The van der Waals surface area contributed by atoms with Crippen LogP contribution in [0.3, 0.4) is 0 Å². The second-order valence-electron chi connectivity index (χ2n) is 5.41. The van der Waals surface area contributed by atoms with Crippen molar-refractivity contribution in [2.75, 3.05) is 14.1 Å². The van der Waals surface area contributed by atoms with E-state index in [0.717, 1.165) is 12.3 Å². The van der Waals surface area contributed by atoms with Gasteiger partial charge in [0.15, 0.2) is 5.76 Å². The summed E-state index contributed by atoms with van der Waals surface area (Å²) in [6.45, 7) is 0. The second kappa shape index (κ2) is 8.22. The molecule has 1 heterocycles. The summed E-state index contributed by atoms with van der Waals surface area (Å²) in [4.78, 5) is 13.7. The molecule has 0 atom stereocenters. The van der Waals surface area contributed by atoms with E-state index in [1.54, 1.807) is 6.07 Å². The number of allylic oxidation sites excluding steroid dienone is 1. The van der Waals surface area contributed by atoms with Gasteiger partial charge in [0.25, 0.3) is 0 Å². The van der Waals surface area contributed by atoms with E-state index in [-0.39, 0.29) is 21.8 Å². The Bertz CT molecular complexity index is 960. The number of hydrogen-bond donors (Lipinski definition) is 0. The summed E-state index contributed by atoms with van der Waals surface area (Å²) in [7, 11) is 3.00. The van der Waals surface area contributed by atoms with Crippen molar-refractivity contribution in [3.8, 4) is 17.3 Å². The molecule has 0 radical (unpaired) electrons. The number of carbonyl (C=O) groups excluding carboxylic acids is 1. The van der Waals surface area contributed by atoms with Crippen LogP contribution in [0.1, 0.15) is 11.3 Å². The fourth-order valence-electron chi connectivity index (χ4n) is 2.16. The molecule has 0 N–H and O–H groups in total. The lowest BCUT2D eigenvalue weighted by molar-refractivity contribution is -0.125. The lowest BCUT2D eigenvalue weighted by atomic mass is 10.0. The highest BCUT2D eigenvalue weighted by atomic mass is 127. The van der Waals surface area contributed by atoms with Gasteiger partial charge in [0, 0.05) is 20.3 Å². The monoisotopic (exact) mass is 509 g/mol. The van der Waals surface area contributed by atoms with Gasteiger partial charge in [0.1, 0.15) is 23.1 Å². The fourth-order valence-corrected chi connectivity index (χ4v) is 3.05. The standard InChI is InChI=1S/C17H12ClF3IN3O2/c1-22-17(20,21)16(26)10(8-25(2)3)15-9(7-23)14(24-27-15)13-11(18)5-4-6-12(13)19/h4-6,8H,1H2,2-3H3/b10-8-. The van der Waals surface area contributed by atoms with Crippen molar-refractivity contribution < 1.29 is 22.5 Å². The molecule has 0 saturated heterocycles. The number of carbonyl (C=O) groups is 1. The molecule has 0 fully saturated rings. The van der Waals surface area contributed by atoms with Crippen LogP contribution in [0.4, 0.5) is 13.2 Å². The van der Waals surface area contributed by atoms with Crippen molar-refractivity contribution in [2.24, 2.45) is 0 Å². The van der Waals surface area contributed by atoms with E-state index in [4.69, 9.17) is 16.1 Å². The lowest BCUT2D eigenvalue weighted by Crippen LogP contribution is -2.24. The Hall–Kier alpha value is -2.19. The van der Waals surface area contributed by atoms with Gasteiger partial charge in [-0.05, 0) is 32.9 Å². The van der Waals surface area contributed by atoms with Crippen molar-refractivity contribution in [3.63, 3.8) is 0 Å². The molecule has 0 saturated carbocycles. The minimum absolute atomic E-state index is 0.0511. The van der Waals surface area contributed by atoms with Crippen molar-refractivity contribution in [2.45, 2.75) is 3.93 Å². The summed E-state index contributed by atoms with van der Waals surface area (Å²) in [6.07, 6.45) is 1.09. The first-order valence-electron chi connectivity index (χ1n) is 7.19. The van der Waals surface area contributed by atoms with Gasteiger partial charge < -0.3 is 9.42 Å². The molecule has 142 valence electrons.